The number of carbonyl (C=O) groups excluding carboxylic acids is 1. The third-order valence-electron chi connectivity index (χ3n) is 4.09. The summed E-state index contributed by atoms with van der Waals surface area (Å²) in [6.45, 7) is 1.91. The lowest BCUT2D eigenvalue weighted by Gasteiger charge is -2.09. The molecule has 4 heteroatoms. The molecule has 1 N–H and O–H groups in total. The number of benzene rings is 3. The number of rotatable bonds is 3. The second kappa shape index (κ2) is 6.24. The number of fused-ring (bicyclic) bond motifs is 1. The molecular formula is C21H17N3O. The molecule has 0 aliphatic rings. The average molecular weight is 327 g/mol. The first-order valence-corrected chi connectivity index (χ1v) is 8.13. The van der Waals surface area contributed by atoms with Crippen LogP contribution in [-0.4, -0.2) is 15.7 Å². The molecule has 0 aliphatic carbocycles. The molecule has 122 valence electrons. The van der Waals surface area contributed by atoms with Crippen molar-refractivity contribution in [3.05, 3.63) is 90.1 Å². The highest BCUT2D eigenvalue weighted by atomic mass is 16.1. The zero-order chi connectivity index (χ0) is 17.2. The smallest absolute Gasteiger partial charge is 0.256 e. The first kappa shape index (κ1) is 15.1. The third-order valence-corrected chi connectivity index (χ3v) is 4.09. The number of hydrogen-bond donors (Lipinski definition) is 1. The van der Waals surface area contributed by atoms with Crippen LogP contribution in [-0.2, 0) is 0 Å². The van der Waals surface area contributed by atoms with Crippen LogP contribution in [0.15, 0.2) is 78.9 Å². The van der Waals surface area contributed by atoms with Crippen LogP contribution >= 0.6 is 0 Å². The normalized spacial score (nSPS) is 10.8. The lowest BCUT2D eigenvalue weighted by molar-refractivity contribution is 0.102. The van der Waals surface area contributed by atoms with Crippen LogP contribution in [0.25, 0.3) is 16.5 Å². The van der Waals surface area contributed by atoms with Gasteiger partial charge in [0.25, 0.3) is 5.91 Å². The lowest BCUT2D eigenvalue weighted by atomic mass is 10.1. The summed E-state index contributed by atoms with van der Waals surface area (Å²) in [5.41, 5.74) is 2.37. The number of anilines is 1. The summed E-state index contributed by atoms with van der Waals surface area (Å²) in [6.07, 6.45) is 0. The number of aryl methyl sites for hydroxylation is 1. The minimum absolute atomic E-state index is 0.150. The van der Waals surface area contributed by atoms with E-state index in [9.17, 15) is 4.79 Å². The fourth-order valence-corrected chi connectivity index (χ4v) is 2.87. The summed E-state index contributed by atoms with van der Waals surface area (Å²) in [6, 6.07) is 25.3. The van der Waals surface area contributed by atoms with Crippen molar-refractivity contribution >= 4 is 22.5 Å². The Labute approximate surface area is 145 Å². The molecule has 0 saturated heterocycles. The molecule has 4 nitrogen and oxygen atoms in total. The molecule has 4 rings (SSSR count). The fraction of sp³-hybridized carbons (Fsp3) is 0.0476. The average Bonchev–Trinajstić information content (AvgIpc) is 3.02. The SMILES string of the molecule is Cc1cc(NC(=O)c2ccc3ccccc3c2)n(-c2ccccc2)n1. The van der Waals surface area contributed by atoms with E-state index in [4.69, 9.17) is 0 Å². The van der Waals surface area contributed by atoms with E-state index < -0.39 is 0 Å². The summed E-state index contributed by atoms with van der Waals surface area (Å²) in [5.74, 6) is 0.504. The van der Waals surface area contributed by atoms with Gasteiger partial charge in [-0.2, -0.15) is 5.10 Å². The molecule has 0 unspecified atom stereocenters. The van der Waals surface area contributed by atoms with Gasteiger partial charge in [-0.3, -0.25) is 4.79 Å². The van der Waals surface area contributed by atoms with E-state index in [0.717, 1.165) is 22.2 Å². The van der Waals surface area contributed by atoms with Gasteiger partial charge in [0.15, 0.2) is 0 Å². The van der Waals surface area contributed by atoms with Gasteiger partial charge in [0.1, 0.15) is 5.82 Å². The number of carbonyl (C=O) groups is 1. The highest BCUT2D eigenvalue weighted by Crippen LogP contribution is 2.20. The molecule has 0 atom stereocenters. The summed E-state index contributed by atoms with van der Waals surface area (Å²) in [5, 5.41) is 9.61. The Bertz CT molecular complexity index is 1050. The van der Waals surface area contributed by atoms with E-state index in [0.29, 0.717) is 11.4 Å². The van der Waals surface area contributed by atoms with Crippen molar-refractivity contribution in [1.82, 2.24) is 9.78 Å². The van der Waals surface area contributed by atoms with Gasteiger partial charge in [-0.05, 0) is 42.0 Å². The van der Waals surface area contributed by atoms with E-state index in [-0.39, 0.29) is 5.91 Å². The summed E-state index contributed by atoms with van der Waals surface area (Å²) in [7, 11) is 0. The van der Waals surface area contributed by atoms with Crippen LogP contribution in [0.4, 0.5) is 5.82 Å². The van der Waals surface area contributed by atoms with Crippen molar-refractivity contribution in [2.45, 2.75) is 6.92 Å². The van der Waals surface area contributed by atoms with Crippen molar-refractivity contribution in [2.75, 3.05) is 5.32 Å². The summed E-state index contributed by atoms with van der Waals surface area (Å²) < 4.78 is 1.74. The van der Waals surface area contributed by atoms with Gasteiger partial charge in [-0.25, -0.2) is 4.68 Å². The second-order valence-corrected chi connectivity index (χ2v) is 5.93. The molecule has 1 heterocycles. The van der Waals surface area contributed by atoms with Crippen LogP contribution in [0, 0.1) is 6.92 Å². The Morgan fingerprint density at radius 2 is 1.60 bits per heavy atom. The standard InChI is InChI=1S/C21H17N3O/c1-15-13-20(24(23-15)19-9-3-2-4-10-19)22-21(25)18-12-11-16-7-5-6-8-17(16)14-18/h2-14H,1H3,(H,22,25). The zero-order valence-corrected chi connectivity index (χ0v) is 13.8. The Kier molecular flexibility index (Phi) is 3.78. The molecular weight excluding hydrogens is 310 g/mol. The first-order chi connectivity index (χ1) is 12.2. The minimum Gasteiger partial charge on any atom is -0.306 e. The quantitative estimate of drug-likeness (QED) is 0.598. The molecule has 0 radical (unpaired) electrons. The molecule has 3 aromatic carbocycles. The summed E-state index contributed by atoms with van der Waals surface area (Å²) >= 11 is 0. The summed E-state index contributed by atoms with van der Waals surface area (Å²) in [4.78, 5) is 12.7. The predicted octanol–water partition coefficient (Wildman–Crippen LogP) is 4.59. The molecule has 1 amide bonds. The van der Waals surface area contributed by atoms with Gasteiger partial charge in [-0.15, -0.1) is 0 Å². The molecule has 4 aromatic rings. The fourth-order valence-electron chi connectivity index (χ4n) is 2.87. The van der Waals surface area contributed by atoms with Gasteiger partial charge < -0.3 is 5.32 Å². The maximum atomic E-state index is 12.7. The molecule has 0 fully saturated rings. The molecule has 25 heavy (non-hydrogen) atoms. The topological polar surface area (TPSA) is 46.9 Å². The van der Waals surface area contributed by atoms with Crippen molar-refractivity contribution in [2.24, 2.45) is 0 Å². The minimum atomic E-state index is -0.150. The first-order valence-electron chi connectivity index (χ1n) is 8.13. The maximum absolute atomic E-state index is 12.7. The van der Waals surface area contributed by atoms with Crippen molar-refractivity contribution < 1.29 is 4.79 Å². The molecule has 0 saturated carbocycles. The van der Waals surface area contributed by atoms with Crippen LogP contribution in [0.2, 0.25) is 0 Å². The Balaban J connectivity index is 1.66. The van der Waals surface area contributed by atoms with E-state index >= 15 is 0 Å². The van der Waals surface area contributed by atoms with Crippen LogP contribution < -0.4 is 5.32 Å². The largest absolute Gasteiger partial charge is 0.306 e. The van der Waals surface area contributed by atoms with Crippen LogP contribution in [0.3, 0.4) is 0 Å². The monoisotopic (exact) mass is 327 g/mol. The van der Waals surface area contributed by atoms with Crippen molar-refractivity contribution in [1.29, 1.82) is 0 Å². The van der Waals surface area contributed by atoms with Crippen LogP contribution in [0.5, 0.6) is 0 Å². The molecule has 0 spiro atoms. The van der Waals surface area contributed by atoms with E-state index in [1.165, 1.54) is 0 Å². The number of nitrogens with one attached hydrogen (secondary N) is 1. The molecule has 0 aliphatic heterocycles. The van der Waals surface area contributed by atoms with E-state index in [1.54, 1.807) is 4.68 Å². The maximum Gasteiger partial charge on any atom is 0.256 e. The highest BCUT2D eigenvalue weighted by molar-refractivity contribution is 6.06. The van der Waals surface area contributed by atoms with Gasteiger partial charge in [0, 0.05) is 11.6 Å². The van der Waals surface area contributed by atoms with Gasteiger partial charge >= 0.3 is 0 Å². The van der Waals surface area contributed by atoms with Crippen LogP contribution in [0.1, 0.15) is 16.1 Å². The number of amides is 1. The number of nitrogens with zero attached hydrogens (tertiary/aromatic N) is 2. The lowest BCUT2D eigenvalue weighted by Crippen LogP contribution is -2.15. The van der Waals surface area contributed by atoms with E-state index in [1.807, 2.05) is 85.8 Å². The highest BCUT2D eigenvalue weighted by Gasteiger charge is 2.12. The van der Waals surface area contributed by atoms with Gasteiger partial charge in [0.2, 0.25) is 0 Å². The zero-order valence-electron chi connectivity index (χ0n) is 13.8. The molecule has 0 bridgehead atoms. The van der Waals surface area contributed by atoms with Gasteiger partial charge in [0.05, 0.1) is 11.4 Å². The third kappa shape index (κ3) is 3.02. The number of para-hydroxylation sites is 1. The van der Waals surface area contributed by atoms with Gasteiger partial charge in [-0.1, -0.05) is 48.5 Å². The Hall–Kier alpha value is -3.40. The van der Waals surface area contributed by atoms with Crippen molar-refractivity contribution in [3.63, 3.8) is 0 Å². The number of hydrogen-bond acceptors (Lipinski definition) is 2. The number of aromatic nitrogens is 2. The molecule has 1 aromatic heterocycles. The Morgan fingerprint density at radius 1 is 0.880 bits per heavy atom. The Morgan fingerprint density at radius 3 is 2.40 bits per heavy atom. The predicted molar refractivity (Wildman–Crippen MR) is 100 cm³/mol. The van der Waals surface area contributed by atoms with E-state index in [2.05, 4.69) is 10.4 Å². The second-order valence-electron chi connectivity index (χ2n) is 5.93. The van der Waals surface area contributed by atoms with Crippen molar-refractivity contribution in [3.8, 4) is 5.69 Å².